The molecule has 0 saturated carbocycles. The molecule has 0 aliphatic carbocycles. The lowest BCUT2D eigenvalue weighted by atomic mass is 10.2. The Morgan fingerprint density at radius 1 is 1.56 bits per heavy atom. The van der Waals surface area contributed by atoms with Gasteiger partial charge in [0.25, 0.3) is 0 Å². The third-order valence-corrected chi connectivity index (χ3v) is 0.896. The van der Waals surface area contributed by atoms with Crippen molar-refractivity contribution in [2.45, 2.75) is 0 Å². The van der Waals surface area contributed by atoms with Crippen LogP contribution in [0.25, 0.3) is 0 Å². The highest BCUT2D eigenvalue weighted by atomic mass is 14.6. The molecule has 0 fully saturated rings. The van der Waals surface area contributed by atoms with E-state index in [1.807, 2.05) is 6.08 Å². The number of allylic oxidation sites excluding steroid dienone is 2. The summed E-state index contributed by atoms with van der Waals surface area (Å²) in [6, 6.07) is 0. The molecule has 50 valence electrons. The molecular weight excluding hydrogens is 112 g/mol. The highest BCUT2D eigenvalue weighted by Gasteiger charge is 1.80. The fraction of sp³-hybridized carbons (Fsp3) is 0.143. The minimum atomic E-state index is 0.473. The Hall–Kier alpha value is -1.02. The first kappa shape index (κ1) is 7.98. The maximum Gasteiger partial charge on any atom is 0.0192 e. The quantitative estimate of drug-likeness (QED) is 0.539. The standard InChI is InChI=1S/C7H12N2/c1-2-3-4-7(5-8)6-9/h2-5H,1,6,8-9H2/b4-3-,7-5+. The van der Waals surface area contributed by atoms with Gasteiger partial charge in [0.2, 0.25) is 0 Å². The molecule has 0 aromatic rings. The monoisotopic (exact) mass is 124 g/mol. The first-order valence-corrected chi connectivity index (χ1v) is 2.75. The molecule has 0 aliphatic rings. The molecule has 2 heteroatoms. The second-order valence-corrected chi connectivity index (χ2v) is 1.54. The van der Waals surface area contributed by atoms with Crippen molar-refractivity contribution in [2.75, 3.05) is 6.54 Å². The third-order valence-electron chi connectivity index (χ3n) is 0.896. The summed E-state index contributed by atoms with van der Waals surface area (Å²) >= 11 is 0. The fourth-order valence-corrected chi connectivity index (χ4v) is 0.383. The summed E-state index contributed by atoms with van der Waals surface area (Å²) in [6.07, 6.45) is 6.79. The van der Waals surface area contributed by atoms with E-state index < -0.39 is 0 Å². The predicted molar refractivity (Wildman–Crippen MR) is 40.7 cm³/mol. The Bertz CT molecular complexity index is 134. The van der Waals surface area contributed by atoms with Gasteiger partial charge in [-0.1, -0.05) is 24.8 Å². The SMILES string of the molecule is C=C/C=C\C(=C/N)CN. The second kappa shape index (κ2) is 5.12. The van der Waals surface area contributed by atoms with Gasteiger partial charge in [-0.25, -0.2) is 0 Å². The van der Waals surface area contributed by atoms with E-state index in [-0.39, 0.29) is 0 Å². The molecule has 0 rings (SSSR count). The van der Waals surface area contributed by atoms with Gasteiger partial charge >= 0.3 is 0 Å². The summed E-state index contributed by atoms with van der Waals surface area (Å²) < 4.78 is 0. The molecule has 0 aromatic heterocycles. The van der Waals surface area contributed by atoms with Crippen LogP contribution in [0.1, 0.15) is 0 Å². The lowest BCUT2D eigenvalue weighted by Crippen LogP contribution is -2.02. The summed E-state index contributed by atoms with van der Waals surface area (Å²) in [7, 11) is 0. The van der Waals surface area contributed by atoms with Crippen molar-refractivity contribution in [3.63, 3.8) is 0 Å². The van der Waals surface area contributed by atoms with Crippen LogP contribution < -0.4 is 11.5 Å². The summed E-state index contributed by atoms with van der Waals surface area (Å²) in [4.78, 5) is 0. The van der Waals surface area contributed by atoms with Crippen molar-refractivity contribution in [3.8, 4) is 0 Å². The van der Waals surface area contributed by atoms with Gasteiger partial charge in [-0.15, -0.1) is 0 Å². The largest absolute Gasteiger partial charge is 0.404 e. The molecule has 0 amide bonds. The summed E-state index contributed by atoms with van der Waals surface area (Å²) in [5.41, 5.74) is 11.4. The van der Waals surface area contributed by atoms with Crippen molar-refractivity contribution in [1.29, 1.82) is 0 Å². The Morgan fingerprint density at radius 3 is 2.56 bits per heavy atom. The van der Waals surface area contributed by atoms with Crippen LogP contribution in [0.15, 0.2) is 36.6 Å². The zero-order valence-electron chi connectivity index (χ0n) is 5.38. The van der Waals surface area contributed by atoms with E-state index in [4.69, 9.17) is 11.5 Å². The van der Waals surface area contributed by atoms with Crippen LogP contribution >= 0.6 is 0 Å². The molecule has 0 radical (unpaired) electrons. The molecule has 0 heterocycles. The smallest absolute Gasteiger partial charge is 0.0192 e. The van der Waals surface area contributed by atoms with E-state index in [1.165, 1.54) is 6.20 Å². The zero-order chi connectivity index (χ0) is 7.11. The molecule has 0 bridgehead atoms. The number of hydrogen-bond acceptors (Lipinski definition) is 2. The summed E-state index contributed by atoms with van der Waals surface area (Å²) in [5, 5.41) is 0. The van der Waals surface area contributed by atoms with E-state index in [0.717, 1.165) is 5.57 Å². The minimum absolute atomic E-state index is 0.473. The normalized spacial score (nSPS) is 12.3. The van der Waals surface area contributed by atoms with Gasteiger partial charge in [0.05, 0.1) is 0 Å². The van der Waals surface area contributed by atoms with Crippen molar-refractivity contribution in [2.24, 2.45) is 11.5 Å². The van der Waals surface area contributed by atoms with Crippen LogP contribution in [0, 0.1) is 0 Å². The Morgan fingerprint density at radius 2 is 2.22 bits per heavy atom. The number of nitrogens with two attached hydrogens (primary N) is 2. The topological polar surface area (TPSA) is 52.0 Å². The molecule has 9 heavy (non-hydrogen) atoms. The van der Waals surface area contributed by atoms with E-state index in [9.17, 15) is 0 Å². The molecule has 4 N–H and O–H groups in total. The molecule has 0 spiro atoms. The molecule has 0 saturated heterocycles. The third kappa shape index (κ3) is 3.55. The van der Waals surface area contributed by atoms with Crippen LogP contribution in [0.4, 0.5) is 0 Å². The van der Waals surface area contributed by atoms with Crippen molar-refractivity contribution in [3.05, 3.63) is 36.6 Å². The van der Waals surface area contributed by atoms with Crippen LogP contribution in [0.3, 0.4) is 0 Å². The van der Waals surface area contributed by atoms with E-state index in [1.54, 1.807) is 12.2 Å². The number of rotatable bonds is 3. The Labute approximate surface area is 55.5 Å². The molecule has 0 unspecified atom stereocenters. The van der Waals surface area contributed by atoms with Gasteiger partial charge in [-0.3, -0.25) is 0 Å². The van der Waals surface area contributed by atoms with Gasteiger partial charge < -0.3 is 11.5 Å². The van der Waals surface area contributed by atoms with Gasteiger partial charge in [-0.2, -0.15) is 0 Å². The Balaban J connectivity index is 3.84. The zero-order valence-corrected chi connectivity index (χ0v) is 5.38. The summed E-state index contributed by atoms with van der Waals surface area (Å²) in [5.74, 6) is 0. The summed E-state index contributed by atoms with van der Waals surface area (Å²) in [6.45, 7) is 3.98. The van der Waals surface area contributed by atoms with Crippen LogP contribution in [-0.2, 0) is 0 Å². The second-order valence-electron chi connectivity index (χ2n) is 1.54. The van der Waals surface area contributed by atoms with E-state index in [2.05, 4.69) is 6.58 Å². The van der Waals surface area contributed by atoms with Crippen LogP contribution in [0.2, 0.25) is 0 Å². The average Bonchev–Trinajstić information content (AvgIpc) is 1.91. The van der Waals surface area contributed by atoms with Crippen molar-refractivity contribution < 1.29 is 0 Å². The van der Waals surface area contributed by atoms with Gasteiger partial charge in [-0.05, 0) is 11.8 Å². The average molecular weight is 124 g/mol. The lowest BCUT2D eigenvalue weighted by molar-refractivity contribution is 1.17. The van der Waals surface area contributed by atoms with Crippen LogP contribution in [0.5, 0.6) is 0 Å². The number of hydrogen-bond donors (Lipinski definition) is 2. The molecule has 0 aliphatic heterocycles. The van der Waals surface area contributed by atoms with Gasteiger partial charge in [0.1, 0.15) is 0 Å². The molecular formula is C7H12N2. The maximum absolute atomic E-state index is 5.29. The molecule has 0 atom stereocenters. The fourth-order valence-electron chi connectivity index (χ4n) is 0.383. The predicted octanol–water partition coefficient (Wildman–Crippen LogP) is 0.530. The molecule has 2 nitrogen and oxygen atoms in total. The van der Waals surface area contributed by atoms with Crippen molar-refractivity contribution >= 4 is 0 Å². The van der Waals surface area contributed by atoms with E-state index >= 15 is 0 Å². The first-order chi connectivity index (χ1) is 4.35. The lowest BCUT2D eigenvalue weighted by Gasteiger charge is -1.90. The maximum atomic E-state index is 5.29. The minimum Gasteiger partial charge on any atom is -0.404 e. The first-order valence-electron chi connectivity index (χ1n) is 2.75. The van der Waals surface area contributed by atoms with Crippen LogP contribution in [-0.4, -0.2) is 6.54 Å². The van der Waals surface area contributed by atoms with Gasteiger partial charge in [0.15, 0.2) is 0 Å². The van der Waals surface area contributed by atoms with Gasteiger partial charge in [0, 0.05) is 6.54 Å². The van der Waals surface area contributed by atoms with Crippen molar-refractivity contribution in [1.82, 2.24) is 0 Å². The highest BCUT2D eigenvalue weighted by Crippen LogP contribution is 1.89. The Kier molecular flexibility index (Phi) is 4.54. The highest BCUT2D eigenvalue weighted by molar-refractivity contribution is 5.21. The molecule has 0 aromatic carbocycles. The van der Waals surface area contributed by atoms with E-state index in [0.29, 0.717) is 6.54 Å².